The summed E-state index contributed by atoms with van der Waals surface area (Å²) in [4.78, 5) is 2.46. The third-order valence-electron chi connectivity index (χ3n) is 4.06. The monoisotopic (exact) mass is 232 g/mol. The van der Waals surface area contributed by atoms with Crippen LogP contribution in [0.3, 0.4) is 0 Å². The molecule has 1 aromatic rings. The molecule has 1 aromatic carbocycles. The smallest absolute Gasteiger partial charge is 0.120 e. The van der Waals surface area contributed by atoms with Gasteiger partial charge >= 0.3 is 0 Å². The van der Waals surface area contributed by atoms with Crippen LogP contribution in [0, 0.1) is 5.92 Å². The highest BCUT2D eigenvalue weighted by Crippen LogP contribution is 2.27. The van der Waals surface area contributed by atoms with Gasteiger partial charge in [-0.3, -0.25) is 4.90 Å². The van der Waals surface area contributed by atoms with Gasteiger partial charge in [-0.15, -0.1) is 0 Å². The predicted octanol–water partition coefficient (Wildman–Crippen LogP) is 1.58. The van der Waals surface area contributed by atoms with Crippen molar-refractivity contribution in [2.45, 2.75) is 25.4 Å². The molecule has 2 aliphatic rings. The summed E-state index contributed by atoms with van der Waals surface area (Å²) < 4.78 is 0. The minimum Gasteiger partial charge on any atom is -0.508 e. The number of phenolic OH excluding ortho intramolecular Hbond substituents is 1. The van der Waals surface area contributed by atoms with Crippen LogP contribution in [-0.2, 0) is 6.54 Å². The summed E-state index contributed by atoms with van der Waals surface area (Å²) in [6.07, 6.45) is 2.67. The lowest BCUT2D eigenvalue weighted by atomic mass is 9.94. The van der Waals surface area contributed by atoms with Crippen molar-refractivity contribution in [1.29, 1.82) is 0 Å². The fourth-order valence-corrected chi connectivity index (χ4v) is 3.15. The van der Waals surface area contributed by atoms with Crippen LogP contribution in [0.5, 0.6) is 5.75 Å². The fraction of sp³-hybridized carbons (Fsp3) is 0.571. The van der Waals surface area contributed by atoms with Gasteiger partial charge in [0.25, 0.3) is 0 Å². The molecule has 0 unspecified atom stereocenters. The van der Waals surface area contributed by atoms with Crippen LogP contribution in [0.25, 0.3) is 0 Å². The summed E-state index contributed by atoms with van der Waals surface area (Å²) in [7, 11) is 0. The van der Waals surface area contributed by atoms with Crippen LogP contribution in [0.2, 0.25) is 0 Å². The number of rotatable bonds is 2. The first kappa shape index (κ1) is 11.1. The molecule has 0 saturated carbocycles. The Morgan fingerprint density at radius 1 is 1.29 bits per heavy atom. The quantitative estimate of drug-likeness (QED) is 0.812. The number of piperidine rings is 1. The standard InChI is InChI=1S/C14H20N2O/c17-14-6-2-1-4-12(14)9-16-8-11-5-3-7-15-13(11)10-16/h1-2,4,6,11,13,15,17H,3,5,7-10H2/t11-,13+/m0/s1. The Kier molecular flexibility index (Phi) is 3.04. The van der Waals surface area contributed by atoms with E-state index in [9.17, 15) is 5.11 Å². The molecular formula is C14H20N2O. The van der Waals surface area contributed by atoms with Gasteiger partial charge in [-0.05, 0) is 31.4 Å². The zero-order valence-corrected chi connectivity index (χ0v) is 10.1. The number of nitrogens with one attached hydrogen (secondary N) is 1. The van der Waals surface area contributed by atoms with Gasteiger partial charge in [0.1, 0.15) is 5.75 Å². The van der Waals surface area contributed by atoms with Crippen molar-refractivity contribution in [1.82, 2.24) is 10.2 Å². The van der Waals surface area contributed by atoms with E-state index >= 15 is 0 Å². The molecule has 92 valence electrons. The number of para-hydroxylation sites is 1. The third-order valence-corrected chi connectivity index (χ3v) is 4.06. The number of hydrogen-bond donors (Lipinski definition) is 2. The van der Waals surface area contributed by atoms with Gasteiger partial charge in [-0.2, -0.15) is 0 Å². The Labute approximate surface area is 102 Å². The molecule has 2 atom stereocenters. The Morgan fingerprint density at radius 3 is 3.00 bits per heavy atom. The second-order valence-electron chi connectivity index (χ2n) is 5.29. The minimum absolute atomic E-state index is 0.426. The van der Waals surface area contributed by atoms with Gasteiger partial charge in [-0.25, -0.2) is 0 Å². The molecule has 2 fully saturated rings. The Balaban J connectivity index is 1.65. The Hall–Kier alpha value is -1.06. The molecule has 2 aliphatic heterocycles. The molecule has 2 heterocycles. The van der Waals surface area contributed by atoms with Crippen molar-refractivity contribution in [2.75, 3.05) is 19.6 Å². The van der Waals surface area contributed by atoms with Crippen molar-refractivity contribution >= 4 is 0 Å². The third kappa shape index (κ3) is 2.31. The highest BCUT2D eigenvalue weighted by atomic mass is 16.3. The van der Waals surface area contributed by atoms with Gasteiger partial charge in [0.05, 0.1) is 0 Å². The summed E-state index contributed by atoms with van der Waals surface area (Å²) in [5.41, 5.74) is 1.05. The number of phenols is 1. The summed E-state index contributed by atoms with van der Waals surface area (Å²) >= 11 is 0. The first-order valence-corrected chi connectivity index (χ1v) is 6.55. The normalized spacial score (nSPS) is 29.2. The van der Waals surface area contributed by atoms with Crippen LogP contribution < -0.4 is 5.32 Å². The SMILES string of the molecule is Oc1ccccc1CN1C[C@@H]2CCCN[C@@H]2C1. The number of likely N-dealkylation sites (tertiary alicyclic amines) is 1. The maximum absolute atomic E-state index is 9.79. The van der Waals surface area contributed by atoms with E-state index in [0.29, 0.717) is 11.8 Å². The maximum Gasteiger partial charge on any atom is 0.120 e. The highest BCUT2D eigenvalue weighted by Gasteiger charge is 2.34. The van der Waals surface area contributed by atoms with Crippen molar-refractivity contribution in [3.8, 4) is 5.75 Å². The Bertz CT molecular complexity index is 380. The van der Waals surface area contributed by atoms with E-state index in [1.807, 2.05) is 18.2 Å². The summed E-state index contributed by atoms with van der Waals surface area (Å²) in [5.74, 6) is 1.24. The Morgan fingerprint density at radius 2 is 2.18 bits per heavy atom. The van der Waals surface area contributed by atoms with Crippen molar-refractivity contribution in [2.24, 2.45) is 5.92 Å². The number of benzene rings is 1. The molecule has 0 aliphatic carbocycles. The summed E-state index contributed by atoms with van der Waals surface area (Å²) in [6.45, 7) is 4.35. The van der Waals surface area contributed by atoms with Crippen molar-refractivity contribution < 1.29 is 5.11 Å². The van der Waals surface area contributed by atoms with E-state index in [0.717, 1.165) is 24.6 Å². The molecule has 2 N–H and O–H groups in total. The topological polar surface area (TPSA) is 35.5 Å². The van der Waals surface area contributed by atoms with E-state index in [1.165, 1.54) is 25.9 Å². The molecule has 0 aromatic heterocycles. The van der Waals surface area contributed by atoms with Crippen LogP contribution in [0.15, 0.2) is 24.3 Å². The first-order valence-electron chi connectivity index (χ1n) is 6.55. The molecule has 0 radical (unpaired) electrons. The van der Waals surface area contributed by atoms with Gasteiger partial charge in [-0.1, -0.05) is 18.2 Å². The predicted molar refractivity (Wildman–Crippen MR) is 67.9 cm³/mol. The molecule has 3 rings (SSSR count). The number of hydrogen-bond acceptors (Lipinski definition) is 3. The second-order valence-corrected chi connectivity index (χ2v) is 5.29. The molecule has 2 saturated heterocycles. The summed E-state index contributed by atoms with van der Waals surface area (Å²) in [6, 6.07) is 8.34. The van der Waals surface area contributed by atoms with Crippen LogP contribution in [0.4, 0.5) is 0 Å². The van der Waals surface area contributed by atoms with Crippen LogP contribution in [0.1, 0.15) is 18.4 Å². The highest BCUT2D eigenvalue weighted by molar-refractivity contribution is 5.31. The number of aromatic hydroxyl groups is 1. The molecule has 3 nitrogen and oxygen atoms in total. The summed E-state index contributed by atoms with van der Waals surface area (Å²) in [5, 5.41) is 13.4. The molecule has 3 heteroatoms. The lowest BCUT2D eigenvalue weighted by Gasteiger charge is -2.24. The van der Waals surface area contributed by atoms with E-state index in [1.54, 1.807) is 6.07 Å². The van der Waals surface area contributed by atoms with E-state index < -0.39 is 0 Å². The second kappa shape index (κ2) is 4.67. The molecule has 0 spiro atoms. The van der Waals surface area contributed by atoms with E-state index in [2.05, 4.69) is 10.2 Å². The zero-order valence-electron chi connectivity index (χ0n) is 10.1. The maximum atomic E-state index is 9.79. The zero-order chi connectivity index (χ0) is 11.7. The number of nitrogens with zero attached hydrogens (tertiary/aromatic N) is 1. The van der Waals surface area contributed by atoms with Gasteiger partial charge in [0.15, 0.2) is 0 Å². The average molecular weight is 232 g/mol. The van der Waals surface area contributed by atoms with Crippen LogP contribution >= 0.6 is 0 Å². The largest absolute Gasteiger partial charge is 0.508 e. The molecular weight excluding hydrogens is 212 g/mol. The van der Waals surface area contributed by atoms with Crippen molar-refractivity contribution in [3.63, 3.8) is 0 Å². The average Bonchev–Trinajstić information content (AvgIpc) is 2.74. The first-order chi connectivity index (χ1) is 8.33. The van der Waals surface area contributed by atoms with Gasteiger partial charge < -0.3 is 10.4 Å². The molecule has 0 bridgehead atoms. The van der Waals surface area contributed by atoms with Crippen LogP contribution in [-0.4, -0.2) is 35.7 Å². The molecule has 17 heavy (non-hydrogen) atoms. The minimum atomic E-state index is 0.426. The van der Waals surface area contributed by atoms with Gasteiger partial charge in [0, 0.05) is 31.2 Å². The van der Waals surface area contributed by atoms with E-state index in [-0.39, 0.29) is 0 Å². The number of fused-ring (bicyclic) bond motifs is 1. The molecule has 0 amide bonds. The fourth-order valence-electron chi connectivity index (χ4n) is 3.15. The van der Waals surface area contributed by atoms with Gasteiger partial charge in [0.2, 0.25) is 0 Å². The lowest BCUT2D eigenvalue weighted by molar-refractivity contribution is 0.307. The van der Waals surface area contributed by atoms with E-state index in [4.69, 9.17) is 0 Å². The lowest BCUT2D eigenvalue weighted by Crippen LogP contribution is -2.40. The van der Waals surface area contributed by atoms with Crippen molar-refractivity contribution in [3.05, 3.63) is 29.8 Å².